The van der Waals surface area contributed by atoms with Gasteiger partial charge in [0.25, 0.3) is 5.91 Å². The molecule has 0 spiro atoms. The van der Waals surface area contributed by atoms with E-state index >= 15 is 0 Å². The molecule has 1 aromatic carbocycles. The first-order chi connectivity index (χ1) is 14.9. The number of carbonyl (C=O) groups is 2. The smallest absolute Gasteiger partial charge is 0.311 e. The van der Waals surface area contributed by atoms with Gasteiger partial charge in [0.15, 0.2) is 5.69 Å². The van der Waals surface area contributed by atoms with Gasteiger partial charge in [0.1, 0.15) is 5.75 Å². The summed E-state index contributed by atoms with van der Waals surface area (Å²) in [5, 5.41) is 22.6. The van der Waals surface area contributed by atoms with Crippen molar-refractivity contribution in [1.82, 2.24) is 10.3 Å². The number of amides is 1. The molecule has 1 aliphatic rings. The number of nitrogens with two attached hydrogens (primary N) is 1. The van der Waals surface area contributed by atoms with Crippen LogP contribution in [0, 0.1) is 5.41 Å². The van der Waals surface area contributed by atoms with E-state index in [1.807, 2.05) is 30.3 Å². The number of benzene rings is 1. The van der Waals surface area contributed by atoms with Crippen molar-refractivity contribution in [3.8, 4) is 5.75 Å². The van der Waals surface area contributed by atoms with Gasteiger partial charge in [-0.1, -0.05) is 37.5 Å². The number of nitrogens with one attached hydrogen (secondary N) is 1. The molecule has 1 aliphatic carbocycles. The van der Waals surface area contributed by atoms with Gasteiger partial charge in [-0.2, -0.15) is 0 Å². The Bertz CT molecular complexity index is 996. The Balaban J connectivity index is 1.71. The number of aliphatic imine (C=N–C) groups is 1. The number of carboxylic acids is 1. The molecular formula is C23H26N4O4. The Morgan fingerprint density at radius 3 is 2.52 bits per heavy atom. The lowest BCUT2D eigenvalue weighted by molar-refractivity contribution is -0.150. The highest BCUT2D eigenvalue weighted by molar-refractivity contribution is 6.10. The highest BCUT2D eigenvalue weighted by atomic mass is 16.4. The summed E-state index contributed by atoms with van der Waals surface area (Å²) >= 11 is 0. The average molecular weight is 422 g/mol. The first-order valence-corrected chi connectivity index (χ1v) is 10.2. The fraction of sp³-hybridized carbons (Fsp3) is 0.304. The number of aliphatic carboxylic acids is 1. The Kier molecular flexibility index (Phi) is 7.02. The van der Waals surface area contributed by atoms with Gasteiger partial charge in [0, 0.05) is 36.3 Å². The van der Waals surface area contributed by atoms with E-state index in [9.17, 15) is 19.8 Å². The van der Waals surface area contributed by atoms with Gasteiger partial charge >= 0.3 is 5.97 Å². The zero-order valence-corrected chi connectivity index (χ0v) is 17.1. The molecule has 8 heteroatoms. The number of allylic oxidation sites excluding steroid dienone is 1. The van der Waals surface area contributed by atoms with Crippen molar-refractivity contribution in [2.45, 2.75) is 32.1 Å². The number of aromatic nitrogens is 1. The third kappa shape index (κ3) is 5.28. The average Bonchev–Trinajstić information content (AvgIpc) is 2.79. The number of carboxylic acid groups (broad SMARTS) is 1. The van der Waals surface area contributed by atoms with Crippen molar-refractivity contribution in [3.05, 3.63) is 60.1 Å². The molecule has 162 valence electrons. The molecule has 0 atom stereocenters. The lowest BCUT2D eigenvalue weighted by atomic mass is 9.74. The molecule has 1 aromatic heterocycles. The maximum Gasteiger partial charge on any atom is 0.311 e. The largest absolute Gasteiger partial charge is 0.505 e. The monoisotopic (exact) mass is 422 g/mol. The summed E-state index contributed by atoms with van der Waals surface area (Å²) in [6.45, 7) is 0.00171. The Morgan fingerprint density at radius 1 is 1.19 bits per heavy atom. The van der Waals surface area contributed by atoms with Gasteiger partial charge in [0.05, 0.1) is 11.1 Å². The topological polar surface area (TPSA) is 138 Å². The molecule has 0 radical (unpaired) electrons. The number of pyridine rings is 1. The van der Waals surface area contributed by atoms with Gasteiger partial charge in [-0.3, -0.25) is 14.6 Å². The molecule has 31 heavy (non-hydrogen) atoms. The van der Waals surface area contributed by atoms with Crippen LogP contribution in [0.15, 0.2) is 53.8 Å². The first-order valence-electron chi connectivity index (χ1n) is 10.2. The third-order valence-corrected chi connectivity index (χ3v) is 5.56. The SMILES string of the molecule is NC=C(C=Nc1ccccc1)c1cnc(C(=O)NCC2(C(=O)O)CCCCC2)c(O)c1. The highest BCUT2D eigenvalue weighted by Crippen LogP contribution is 2.36. The molecule has 0 bridgehead atoms. The van der Waals surface area contributed by atoms with E-state index in [2.05, 4.69) is 15.3 Å². The molecule has 3 rings (SSSR count). The van der Waals surface area contributed by atoms with Gasteiger partial charge in [-0.05, 0) is 31.0 Å². The van der Waals surface area contributed by atoms with E-state index in [0.717, 1.165) is 24.9 Å². The van der Waals surface area contributed by atoms with Crippen LogP contribution in [-0.2, 0) is 4.79 Å². The first kappa shape index (κ1) is 22.0. The molecule has 1 heterocycles. The molecule has 5 N–H and O–H groups in total. The summed E-state index contributed by atoms with van der Waals surface area (Å²) in [5.41, 5.74) is 6.31. The van der Waals surface area contributed by atoms with E-state index in [-0.39, 0.29) is 18.0 Å². The minimum absolute atomic E-state index is 0.00171. The van der Waals surface area contributed by atoms with Crippen LogP contribution >= 0.6 is 0 Å². The quantitative estimate of drug-likeness (QED) is 0.505. The fourth-order valence-corrected chi connectivity index (χ4v) is 3.69. The van der Waals surface area contributed by atoms with E-state index < -0.39 is 17.3 Å². The van der Waals surface area contributed by atoms with Crippen molar-refractivity contribution in [2.24, 2.45) is 16.1 Å². The molecule has 8 nitrogen and oxygen atoms in total. The van der Waals surface area contributed by atoms with Crippen LogP contribution in [0.3, 0.4) is 0 Å². The Hall–Kier alpha value is -3.68. The second-order valence-corrected chi connectivity index (χ2v) is 7.64. The van der Waals surface area contributed by atoms with E-state index in [0.29, 0.717) is 24.0 Å². The van der Waals surface area contributed by atoms with Crippen LogP contribution < -0.4 is 11.1 Å². The van der Waals surface area contributed by atoms with Crippen LogP contribution in [0.2, 0.25) is 0 Å². The Morgan fingerprint density at radius 2 is 1.90 bits per heavy atom. The van der Waals surface area contributed by atoms with Crippen LogP contribution in [-0.4, -0.2) is 39.8 Å². The number of rotatable bonds is 7. The summed E-state index contributed by atoms with van der Waals surface area (Å²) in [7, 11) is 0. The summed E-state index contributed by atoms with van der Waals surface area (Å²) in [6.07, 6.45) is 7.97. The van der Waals surface area contributed by atoms with Gasteiger partial charge in [0.2, 0.25) is 0 Å². The number of hydrogen-bond acceptors (Lipinski definition) is 6. The van der Waals surface area contributed by atoms with E-state index in [1.165, 1.54) is 18.5 Å². The predicted molar refractivity (Wildman–Crippen MR) is 118 cm³/mol. The van der Waals surface area contributed by atoms with Crippen molar-refractivity contribution in [1.29, 1.82) is 0 Å². The second kappa shape index (κ2) is 9.88. The number of para-hydroxylation sites is 1. The lowest BCUT2D eigenvalue weighted by Gasteiger charge is -2.33. The summed E-state index contributed by atoms with van der Waals surface area (Å²) in [6, 6.07) is 10.7. The summed E-state index contributed by atoms with van der Waals surface area (Å²) < 4.78 is 0. The maximum absolute atomic E-state index is 12.5. The third-order valence-electron chi connectivity index (χ3n) is 5.56. The molecule has 0 unspecified atom stereocenters. The molecule has 1 amide bonds. The highest BCUT2D eigenvalue weighted by Gasteiger charge is 2.40. The van der Waals surface area contributed by atoms with Crippen LogP contribution in [0.25, 0.3) is 5.57 Å². The number of aromatic hydroxyl groups is 1. The summed E-state index contributed by atoms with van der Waals surface area (Å²) in [5.74, 6) is -1.85. The standard InChI is InChI=1S/C23H26N4O4/c24-12-17(14-25-18-7-3-1-4-8-18)16-11-19(28)20(26-13-16)21(29)27-15-23(22(30)31)9-5-2-6-10-23/h1,3-4,7-8,11-14,28H,2,5-6,9-10,15,24H2,(H,27,29)(H,30,31). The van der Waals surface area contributed by atoms with Crippen LogP contribution in [0.5, 0.6) is 5.75 Å². The van der Waals surface area contributed by atoms with Crippen LogP contribution in [0.1, 0.15) is 48.2 Å². The minimum atomic E-state index is -0.965. The molecule has 0 aliphatic heterocycles. The molecule has 2 aromatic rings. The fourth-order valence-electron chi connectivity index (χ4n) is 3.69. The number of nitrogens with zero attached hydrogens (tertiary/aromatic N) is 2. The lowest BCUT2D eigenvalue weighted by Crippen LogP contribution is -2.44. The zero-order chi connectivity index (χ0) is 22.3. The van der Waals surface area contributed by atoms with Crippen molar-refractivity contribution in [3.63, 3.8) is 0 Å². The minimum Gasteiger partial charge on any atom is -0.505 e. The Labute approximate surface area is 180 Å². The van der Waals surface area contributed by atoms with E-state index in [1.54, 1.807) is 6.21 Å². The summed E-state index contributed by atoms with van der Waals surface area (Å²) in [4.78, 5) is 32.7. The molecule has 1 fully saturated rings. The van der Waals surface area contributed by atoms with Gasteiger partial charge in [-0.25, -0.2) is 4.98 Å². The van der Waals surface area contributed by atoms with Gasteiger partial charge in [-0.15, -0.1) is 0 Å². The normalized spacial score (nSPS) is 16.2. The van der Waals surface area contributed by atoms with E-state index in [4.69, 9.17) is 5.73 Å². The predicted octanol–water partition coefficient (Wildman–Crippen LogP) is 3.25. The van der Waals surface area contributed by atoms with Gasteiger partial charge < -0.3 is 21.3 Å². The molecule has 0 saturated heterocycles. The van der Waals surface area contributed by atoms with Crippen molar-refractivity contribution < 1.29 is 19.8 Å². The second-order valence-electron chi connectivity index (χ2n) is 7.64. The van der Waals surface area contributed by atoms with Crippen molar-refractivity contribution >= 4 is 29.4 Å². The van der Waals surface area contributed by atoms with Crippen LogP contribution in [0.4, 0.5) is 5.69 Å². The zero-order valence-electron chi connectivity index (χ0n) is 17.1. The number of carbonyl (C=O) groups excluding carboxylic acids is 1. The van der Waals surface area contributed by atoms with Crippen molar-refractivity contribution in [2.75, 3.05) is 6.54 Å². The molecular weight excluding hydrogens is 396 g/mol. The number of hydrogen-bond donors (Lipinski definition) is 4. The molecule has 1 saturated carbocycles. The maximum atomic E-state index is 12.5.